The Morgan fingerprint density at radius 2 is 1.79 bits per heavy atom. The van der Waals surface area contributed by atoms with Crippen LogP contribution in [-0.4, -0.2) is 18.9 Å². The highest BCUT2D eigenvalue weighted by molar-refractivity contribution is 5.80. The molecule has 3 atom stereocenters. The zero-order valence-electron chi connectivity index (χ0n) is 8.49. The second-order valence-corrected chi connectivity index (χ2v) is 4.61. The van der Waals surface area contributed by atoms with Crippen LogP contribution in [0.5, 0.6) is 0 Å². The minimum Gasteiger partial charge on any atom is -0.469 e. The van der Waals surface area contributed by atoms with E-state index in [0.29, 0.717) is 30.5 Å². The minimum atomic E-state index is -0.0888. The normalized spacial score (nSPS) is 36.6. The zero-order chi connectivity index (χ0) is 10.1. The van der Waals surface area contributed by atoms with E-state index in [1.165, 1.54) is 7.11 Å². The van der Waals surface area contributed by atoms with Crippen molar-refractivity contribution in [3.05, 3.63) is 0 Å². The molecule has 14 heavy (non-hydrogen) atoms. The quantitative estimate of drug-likeness (QED) is 0.598. The Morgan fingerprint density at radius 3 is 2.29 bits per heavy atom. The molecule has 0 N–H and O–H groups in total. The summed E-state index contributed by atoms with van der Waals surface area (Å²) in [6.07, 6.45) is 4.22. The third-order valence-corrected chi connectivity index (χ3v) is 3.47. The van der Waals surface area contributed by atoms with E-state index in [0.717, 1.165) is 19.3 Å². The Bertz CT molecular complexity index is 243. The van der Waals surface area contributed by atoms with Gasteiger partial charge in [-0.15, -0.1) is 0 Å². The Balaban J connectivity index is 2.01. The molecule has 0 spiro atoms. The molecule has 3 heteroatoms. The average Bonchev–Trinajstić information content (AvgIpc) is 2.14. The van der Waals surface area contributed by atoms with Gasteiger partial charge in [0, 0.05) is 12.8 Å². The SMILES string of the molecule is COC(=O)C1CC2CC(=O)C[C@H](C2)C1. The Morgan fingerprint density at radius 1 is 1.21 bits per heavy atom. The molecule has 3 nitrogen and oxygen atoms in total. The van der Waals surface area contributed by atoms with Gasteiger partial charge in [0.15, 0.2) is 0 Å². The molecule has 2 rings (SSSR count). The molecule has 0 radical (unpaired) electrons. The fourth-order valence-electron chi connectivity index (χ4n) is 2.98. The van der Waals surface area contributed by atoms with Crippen LogP contribution in [0.1, 0.15) is 32.1 Å². The molecule has 2 aliphatic carbocycles. The van der Waals surface area contributed by atoms with E-state index in [-0.39, 0.29) is 11.9 Å². The number of carbonyl (C=O) groups excluding carboxylic acids is 2. The van der Waals surface area contributed by atoms with Crippen molar-refractivity contribution in [2.75, 3.05) is 7.11 Å². The van der Waals surface area contributed by atoms with Crippen molar-refractivity contribution in [3.8, 4) is 0 Å². The van der Waals surface area contributed by atoms with Gasteiger partial charge in [-0.1, -0.05) is 0 Å². The summed E-state index contributed by atoms with van der Waals surface area (Å²) in [5.41, 5.74) is 0. The van der Waals surface area contributed by atoms with Gasteiger partial charge in [-0.25, -0.2) is 0 Å². The molecule has 0 aromatic rings. The monoisotopic (exact) mass is 196 g/mol. The van der Waals surface area contributed by atoms with Crippen LogP contribution in [0.25, 0.3) is 0 Å². The lowest BCUT2D eigenvalue weighted by Crippen LogP contribution is -2.34. The summed E-state index contributed by atoms with van der Waals surface area (Å²) >= 11 is 0. The Labute approximate surface area is 83.8 Å². The fraction of sp³-hybridized carbons (Fsp3) is 0.818. The average molecular weight is 196 g/mol. The van der Waals surface area contributed by atoms with Crippen molar-refractivity contribution >= 4 is 11.8 Å². The van der Waals surface area contributed by atoms with E-state index in [1.807, 2.05) is 0 Å². The first-order chi connectivity index (χ1) is 6.69. The topological polar surface area (TPSA) is 43.4 Å². The van der Waals surface area contributed by atoms with Gasteiger partial charge in [0.05, 0.1) is 13.0 Å². The van der Waals surface area contributed by atoms with E-state index in [4.69, 9.17) is 4.74 Å². The summed E-state index contributed by atoms with van der Waals surface area (Å²) in [4.78, 5) is 22.7. The maximum Gasteiger partial charge on any atom is 0.308 e. The van der Waals surface area contributed by atoms with Crippen LogP contribution < -0.4 is 0 Å². The molecule has 0 aromatic heterocycles. The van der Waals surface area contributed by atoms with Crippen molar-refractivity contribution in [1.29, 1.82) is 0 Å². The number of methoxy groups -OCH3 is 1. The number of ketones is 1. The van der Waals surface area contributed by atoms with E-state index in [9.17, 15) is 9.59 Å². The smallest absolute Gasteiger partial charge is 0.308 e. The molecule has 0 saturated heterocycles. The maximum absolute atomic E-state index is 11.4. The molecule has 0 heterocycles. The third kappa shape index (κ3) is 1.81. The number of carbonyl (C=O) groups is 2. The van der Waals surface area contributed by atoms with Gasteiger partial charge < -0.3 is 4.74 Å². The fourth-order valence-corrected chi connectivity index (χ4v) is 2.98. The van der Waals surface area contributed by atoms with E-state index in [1.54, 1.807) is 0 Å². The predicted molar refractivity (Wildman–Crippen MR) is 50.6 cm³/mol. The number of hydrogen-bond donors (Lipinski definition) is 0. The number of Topliss-reactive ketones (excluding diaryl/α,β-unsaturated/α-hetero) is 1. The lowest BCUT2D eigenvalue weighted by Gasteiger charge is -2.36. The first-order valence-corrected chi connectivity index (χ1v) is 5.28. The Hall–Kier alpha value is -0.860. The van der Waals surface area contributed by atoms with Crippen molar-refractivity contribution in [3.63, 3.8) is 0 Å². The summed E-state index contributed by atoms with van der Waals surface area (Å²) in [5, 5.41) is 0. The number of fused-ring (bicyclic) bond motifs is 2. The lowest BCUT2D eigenvalue weighted by molar-refractivity contribution is -0.149. The van der Waals surface area contributed by atoms with Gasteiger partial charge in [-0.05, 0) is 31.1 Å². The summed E-state index contributed by atoms with van der Waals surface area (Å²) in [6, 6.07) is 0. The first-order valence-electron chi connectivity index (χ1n) is 5.28. The van der Waals surface area contributed by atoms with Gasteiger partial charge in [0.2, 0.25) is 0 Å². The standard InChI is InChI=1S/C11H16O3/c1-14-11(13)9-3-7-2-8(4-9)6-10(12)5-7/h7-9H,2-6H2,1H3/t7-,8?,9?/m1/s1. The van der Waals surface area contributed by atoms with Crippen LogP contribution in [-0.2, 0) is 14.3 Å². The highest BCUT2D eigenvalue weighted by Gasteiger charge is 2.38. The molecule has 2 unspecified atom stereocenters. The molecule has 0 aliphatic heterocycles. The minimum absolute atomic E-state index is 0.0526. The summed E-state index contributed by atoms with van der Waals surface area (Å²) in [6.45, 7) is 0. The van der Waals surface area contributed by atoms with Crippen LogP contribution in [0.3, 0.4) is 0 Å². The number of esters is 1. The third-order valence-electron chi connectivity index (χ3n) is 3.47. The van der Waals surface area contributed by atoms with E-state index >= 15 is 0 Å². The second kappa shape index (κ2) is 3.71. The van der Waals surface area contributed by atoms with Gasteiger partial charge >= 0.3 is 5.97 Å². The van der Waals surface area contributed by atoms with Crippen molar-refractivity contribution in [2.45, 2.75) is 32.1 Å². The molecular weight excluding hydrogens is 180 g/mol. The van der Waals surface area contributed by atoms with Gasteiger partial charge in [-0.2, -0.15) is 0 Å². The molecule has 78 valence electrons. The molecule has 2 fully saturated rings. The Kier molecular flexibility index (Phi) is 2.57. The highest BCUT2D eigenvalue weighted by atomic mass is 16.5. The molecule has 0 aromatic carbocycles. The summed E-state index contributed by atoms with van der Waals surface area (Å²) in [7, 11) is 1.44. The van der Waals surface area contributed by atoms with Crippen LogP contribution in [0.15, 0.2) is 0 Å². The van der Waals surface area contributed by atoms with Crippen LogP contribution in [0.4, 0.5) is 0 Å². The zero-order valence-corrected chi connectivity index (χ0v) is 8.49. The van der Waals surface area contributed by atoms with Crippen LogP contribution in [0, 0.1) is 17.8 Å². The van der Waals surface area contributed by atoms with Gasteiger partial charge in [0.25, 0.3) is 0 Å². The van der Waals surface area contributed by atoms with Crippen LogP contribution in [0.2, 0.25) is 0 Å². The summed E-state index contributed by atoms with van der Waals surface area (Å²) < 4.78 is 4.76. The second-order valence-electron chi connectivity index (χ2n) is 4.61. The summed E-state index contributed by atoms with van der Waals surface area (Å²) in [5.74, 6) is 1.23. The molecule has 2 aliphatic rings. The molecule has 2 saturated carbocycles. The molecule has 2 bridgehead atoms. The van der Waals surface area contributed by atoms with E-state index in [2.05, 4.69) is 0 Å². The maximum atomic E-state index is 11.4. The first kappa shape index (κ1) is 9.69. The molecule has 0 amide bonds. The van der Waals surface area contributed by atoms with Gasteiger partial charge in [0.1, 0.15) is 5.78 Å². The van der Waals surface area contributed by atoms with Crippen molar-refractivity contribution in [2.24, 2.45) is 17.8 Å². The van der Waals surface area contributed by atoms with Gasteiger partial charge in [-0.3, -0.25) is 9.59 Å². The number of rotatable bonds is 1. The van der Waals surface area contributed by atoms with Crippen molar-refractivity contribution < 1.29 is 14.3 Å². The van der Waals surface area contributed by atoms with Crippen LogP contribution >= 0.6 is 0 Å². The number of ether oxygens (including phenoxy) is 1. The van der Waals surface area contributed by atoms with E-state index < -0.39 is 0 Å². The highest BCUT2D eigenvalue weighted by Crippen LogP contribution is 2.41. The van der Waals surface area contributed by atoms with Crippen molar-refractivity contribution in [1.82, 2.24) is 0 Å². The largest absolute Gasteiger partial charge is 0.469 e. The molecular formula is C11H16O3. The lowest BCUT2D eigenvalue weighted by atomic mass is 9.68. The number of hydrogen-bond acceptors (Lipinski definition) is 3. The predicted octanol–water partition coefficient (Wildman–Crippen LogP) is 1.55.